The van der Waals surface area contributed by atoms with Crippen LogP contribution >= 0.6 is 11.3 Å². The minimum Gasteiger partial charge on any atom is -0.395 e. The van der Waals surface area contributed by atoms with E-state index in [1.807, 2.05) is 12.1 Å². The van der Waals surface area contributed by atoms with Crippen molar-refractivity contribution in [2.75, 3.05) is 39.9 Å². The first-order chi connectivity index (χ1) is 14.5. The van der Waals surface area contributed by atoms with Crippen molar-refractivity contribution in [1.29, 1.82) is 0 Å². The van der Waals surface area contributed by atoms with Crippen LogP contribution in [0.1, 0.15) is 31.8 Å². The number of thiophene rings is 1. The Morgan fingerprint density at radius 1 is 1.37 bits per heavy atom. The van der Waals surface area contributed by atoms with Gasteiger partial charge in [0.05, 0.1) is 19.8 Å². The van der Waals surface area contributed by atoms with Crippen LogP contribution in [-0.4, -0.2) is 81.4 Å². The fraction of sp³-hybridized carbons (Fsp3) is 0.400. The number of pyridine rings is 1. The molecule has 0 bridgehead atoms. The molecule has 1 aliphatic rings. The number of likely N-dealkylation sites (N-methyl/N-ethyl adjacent to an activating group) is 1. The molecule has 3 aromatic heterocycles. The summed E-state index contributed by atoms with van der Waals surface area (Å²) >= 11 is 1.31. The van der Waals surface area contributed by atoms with E-state index in [-0.39, 0.29) is 25.0 Å². The molecule has 1 N–H and O–H groups in total. The van der Waals surface area contributed by atoms with Gasteiger partial charge in [0, 0.05) is 50.5 Å². The molecule has 4 rings (SSSR count). The third-order valence-electron chi connectivity index (χ3n) is 5.20. The van der Waals surface area contributed by atoms with Crippen molar-refractivity contribution in [2.24, 2.45) is 7.05 Å². The van der Waals surface area contributed by atoms with E-state index in [4.69, 9.17) is 4.74 Å². The monoisotopic (exact) mass is 429 g/mol. The van der Waals surface area contributed by atoms with Gasteiger partial charge in [-0.25, -0.2) is 4.98 Å². The van der Waals surface area contributed by atoms with Gasteiger partial charge in [-0.1, -0.05) is 6.07 Å². The predicted molar refractivity (Wildman–Crippen MR) is 111 cm³/mol. The lowest BCUT2D eigenvalue weighted by Crippen LogP contribution is -2.43. The maximum atomic E-state index is 13.1. The average Bonchev–Trinajstić information content (AvgIpc) is 3.36. The molecule has 158 valence electrons. The average molecular weight is 430 g/mol. The number of nitrogens with zero attached hydrogens (tertiary/aromatic N) is 5. The van der Waals surface area contributed by atoms with Crippen LogP contribution in [0.15, 0.2) is 30.6 Å². The van der Waals surface area contributed by atoms with E-state index in [1.54, 1.807) is 42.1 Å². The van der Waals surface area contributed by atoms with E-state index in [1.165, 1.54) is 16.2 Å². The Hall–Kier alpha value is -2.82. The smallest absolute Gasteiger partial charge is 0.272 e. The van der Waals surface area contributed by atoms with Gasteiger partial charge in [-0.05, 0) is 12.1 Å². The quantitative estimate of drug-likeness (QED) is 0.656. The van der Waals surface area contributed by atoms with Crippen LogP contribution in [0.25, 0.3) is 10.2 Å². The number of carbonyl (C=O) groups excluding carboxylic acids is 2. The molecule has 9 nitrogen and oxygen atoms in total. The van der Waals surface area contributed by atoms with Crippen molar-refractivity contribution in [3.8, 4) is 0 Å². The summed E-state index contributed by atoms with van der Waals surface area (Å²) in [6.07, 6.45) is 2.83. The van der Waals surface area contributed by atoms with Crippen molar-refractivity contribution in [3.05, 3.63) is 46.7 Å². The Balaban J connectivity index is 1.69. The summed E-state index contributed by atoms with van der Waals surface area (Å²) in [6, 6.07) is 5.43. The third kappa shape index (κ3) is 3.69. The summed E-state index contributed by atoms with van der Waals surface area (Å²) < 4.78 is 7.58. The second kappa shape index (κ2) is 8.50. The maximum absolute atomic E-state index is 13.1. The number of amides is 2. The topological polar surface area (TPSA) is 101 Å². The minimum absolute atomic E-state index is 0.117. The number of rotatable bonds is 5. The molecule has 0 saturated carbocycles. The number of morpholine rings is 1. The molecule has 4 heterocycles. The van der Waals surface area contributed by atoms with Crippen molar-refractivity contribution in [2.45, 2.75) is 6.10 Å². The zero-order valence-corrected chi connectivity index (χ0v) is 17.6. The van der Waals surface area contributed by atoms with Gasteiger partial charge in [-0.2, -0.15) is 5.10 Å². The molecule has 3 aromatic rings. The number of aryl methyl sites for hydroxylation is 1. The Bertz CT molecular complexity index is 1080. The van der Waals surface area contributed by atoms with Crippen molar-refractivity contribution < 1.29 is 19.4 Å². The van der Waals surface area contributed by atoms with Gasteiger partial charge < -0.3 is 19.6 Å². The molecule has 0 radical (unpaired) electrons. The van der Waals surface area contributed by atoms with Gasteiger partial charge in [0.15, 0.2) is 0 Å². The Kier molecular flexibility index (Phi) is 5.80. The van der Waals surface area contributed by atoms with Crippen molar-refractivity contribution in [1.82, 2.24) is 24.6 Å². The van der Waals surface area contributed by atoms with E-state index in [0.717, 1.165) is 15.8 Å². The van der Waals surface area contributed by atoms with Gasteiger partial charge in [0.25, 0.3) is 11.8 Å². The predicted octanol–water partition coefficient (Wildman–Crippen LogP) is 1.31. The molecule has 1 unspecified atom stereocenters. The Labute approximate surface area is 177 Å². The highest BCUT2D eigenvalue weighted by Gasteiger charge is 2.33. The van der Waals surface area contributed by atoms with Crippen LogP contribution in [0, 0.1) is 0 Å². The van der Waals surface area contributed by atoms with Crippen LogP contribution in [-0.2, 0) is 11.8 Å². The molecule has 1 atom stereocenters. The number of aromatic nitrogens is 3. The van der Waals surface area contributed by atoms with E-state index >= 15 is 0 Å². The molecule has 2 amide bonds. The number of aliphatic hydroxyl groups is 1. The van der Waals surface area contributed by atoms with Gasteiger partial charge in [-0.15, -0.1) is 11.3 Å². The van der Waals surface area contributed by atoms with E-state index < -0.39 is 6.10 Å². The number of fused-ring (bicyclic) bond motifs is 1. The standard InChI is InChI=1S/C20H23N5O4S/c1-23(8-10-26)20(28)17-16(13-4-3-6-21-18(13)30-17)15-12-25(9-11-29-15)19(27)14-5-7-22-24(14)2/h3-7,15,26H,8-12H2,1-2H3. The zero-order valence-electron chi connectivity index (χ0n) is 16.8. The molecule has 0 spiro atoms. The number of carbonyl (C=O) groups is 2. The maximum Gasteiger partial charge on any atom is 0.272 e. The molecule has 30 heavy (non-hydrogen) atoms. The largest absolute Gasteiger partial charge is 0.395 e. The molecule has 0 aromatic carbocycles. The minimum atomic E-state index is -0.449. The normalized spacial score (nSPS) is 16.8. The molecule has 1 aliphatic heterocycles. The highest BCUT2D eigenvalue weighted by molar-refractivity contribution is 7.20. The van der Waals surface area contributed by atoms with Gasteiger partial charge >= 0.3 is 0 Å². The van der Waals surface area contributed by atoms with Gasteiger partial charge in [0.1, 0.15) is 21.5 Å². The summed E-state index contributed by atoms with van der Waals surface area (Å²) in [5.74, 6) is -0.313. The first-order valence-electron chi connectivity index (χ1n) is 9.64. The van der Waals surface area contributed by atoms with Gasteiger partial charge in [-0.3, -0.25) is 14.3 Å². The number of hydrogen-bond donors (Lipinski definition) is 1. The lowest BCUT2D eigenvalue weighted by Gasteiger charge is -2.33. The highest BCUT2D eigenvalue weighted by Crippen LogP contribution is 2.38. The van der Waals surface area contributed by atoms with Crippen LogP contribution < -0.4 is 0 Å². The first-order valence-corrected chi connectivity index (χ1v) is 10.5. The SMILES string of the molecule is CN(CCO)C(=O)c1sc2ncccc2c1C1CN(C(=O)c2ccnn2C)CCO1. The van der Waals surface area contributed by atoms with Gasteiger partial charge in [0.2, 0.25) is 0 Å². The molecule has 0 aliphatic carbocycles. The number of hydrogen-bond acceptors (Lipinski definition) is 7. The summed E-state index contributed by atoms with van der Waals surface area (Å²) in [5, 5.41) is 14.1. The highest BCUT2D eigenvalue weighted by atomic mass is 32.1. The van der Waals surface area contributed by atoms with E-state index in [9.17, 15) is 14.7 Å². The molecule has 1 saturated heterocycles. The lowest BCUT2D eigenvalue weighted by molar-refractivity contribution is -0.0227. The lowest BCUT2D eigenvalue weighted by atomic mass is 10.0. The summed E-state index contributed by atoms with van der Waals surface area (Å²) in [6.45, 7) is 1.28. The number of ether oxygens (including phenoxy) is 1. The second-order valence-corrected chi connectivity index (χ2v) is 8.10. The Morgan fingerprint density at radius 2 is 2.20 bits per heavy atom. The summed E-state index contributed by atoms with van der Waals surface area (Å²) in [4.78, 5) is 34.9. The third-order valence-corrected chi connectivity index (χ3v) is 6.31. The van der Waals surface area contributed by atoms with Crippen molar-refractivity contribution in [3.63, 3.8) is 0 Å². The van der Waals surface area contributed by atoms with Crippen LogP contribution in [0.5, 0.6) is 0 Å². The van der Waals surface area contributed by atoms with Crippen LogP contribution in [0.2, 0.25) is 0 Å². The second-order valence-electron chi connectivity index (χ2n) is 7.10. The first kappa shape index (κ1) is 20.5. The molecular weight excluding hydrogens is 406 g/mol. The zero-order chi connectivity index (χ0) is 21.3. The van der Waals surface area contributed by atoms with Crippen LogP contribution in [0.4, 0.5) is 0 Å². The summed E-state index contributed by atoms with van der Waals surface area (Å²) in [7, 11) is 3.39. The Morgan fingerprint density at radius 3 is 2.93 bits per heavy atom. The van der Waals surface area contributed by atoms with E-state index in [0.29, 0.717) is 30.3 Å². The van der Waals surface area contributed by atoms with E-state index in [2.05, 4.69) is 10.1 Å². The fourth-order valence-electron chi connectivity index (χ4n) is 3.61. The summed E-state index contributed by atoms with van der Waals surface area (Å²) in [5.41, 5.74) is 1.26. The van der Waals surface area contributed by atoms with Crippen LogP contribution in [0.3, 0.4) is 0 Å². The number of aliphatic hydroxyl groups excluding tert-OH is 1. The van der Waals surface area contributed by atoms with Crippen molar-refractivity contribution >= 4 is 33.4 Å². The molecule has 10 heteroatoms. The molecular formula is C20H23N5O4S. The molecule has 1 fully saturated rings. The fourth-order valence-corrected chi connectivity index (χ4v) is 4.80.